The molecule has 4 nitrogen and oxygen atoms in total. The Morgan fingerprint density at radius 3 is 2.68 bits per heavy atom. The molecule has 1 N–H and O–H groups in total. The van der Waals surface area contributed by atoms with Crippen molar-refractivity contribution in [2.24, 2.45) is 29.6 Å². The van der Waals surface area contributed by atoms with Crippen LogP contribution in [0, 0.1) is 29.6 Å². The molecule has 3 aliphatic rings. The van der Waals surface area contributed by atoms with Gasteiger partial charge in [0.25, 0.3) is 0 Å². The summed E-state index contributed by atoms with van der Waals surface area (Å²) in [7, 11) is 0. The fourth-order valence-electron chi connectivity index (χ4n) is 4.34. The summed E-state index contributed by atoms with van der Waals surface area (Å²) in [6.45, 7) is 5.92. The van der Waals surface area contributed by atoms with Gasteiger partial charge < -0.3 is 14.6 Å². The molecular formula is C15H24O4. The zero-order chi connectivity index (χ0) is 13.8. The molecule has 1 unspecified atom stereocenters. The summed E-state index contributed by atoms with van der Waals surface area (Å²) >= 11 is 0. The monoisotopic (exact) mass is 268 g/mol. The van der Waals surface area contributed by atoms with E-state index in [0.29, 0.717) is 24.2 Å². The summed E-state index contributed by atoms with van der Waals surface area (Å²) < 4.78 is 11.2. The van der Waals surface area contributed by atoms with E-state index in [1.165, 1.54) is 0 Å². The number of hydrogen-bond acceptors (Lipinski definition) is 4. The molecule has 7 atom stereocenters. The minimum absolute atomic E-state index is 0.0390. The van der Waals surface area contributed by atoms with Gasteiger partial charge in [-0.2, -0.15) is 0 Å². The number of esters is 1. The second-order valence-corrected chi connectivity index (χ2v) is 6.89. The van der Waals surface area contributed by atoms with Gasteiger partial charge in [-0.1, -0.05) is 20.3 Å². The van der Waals surface area contributed by atoms with Gasteiger partial charge >= 0.3 is 5.97 Å². The first-order valence-corrected chi connectivity index (χ1v) is 7.50. The van der Waals surface area contributed by atoms with Crippen LogP contribution in [-0.2, 0) is 14.3 Å². The summed E-state index contributed by atoms with van der Waals surface area (Å²) in [4.78, 5) is 12.0. The van der Waals surface area contributed by atoms with Gasteiger partial charge in [0.05, 0.1) is 5.92 Å². The number of aliphatic hydroxyl groups is 1. The molecule has 19 heavy (non-hydrogen) atoms. The second kappa shape index (κ2) is 4.45. The second-order valence-electron chi connectivity index (χ2n) is 6.89. The Hall–Kier alpha value is -0.610. The van der Waals surface area contributed by atoms with Crippen molar-refractivity contribution in [2.45, 2.75) is 58.5 Å². The van der Waals surface area contributed by atoms with Gasteiger partial charge in [-0.05, 0) is 37.5 Å². The Balaban J connectivity index is 1.95. The molecule has 1 aliphatic carbocycles. The highest BCUT2D eigenvalue weighted by atomic mass is 16.8. The number of rotatable bonds is 0. The first kappa shape index (κ1) is 13.4. The van der Waals surface area contributed by atoms with Crippen LogP contribution >= 0.6 is 0 Å². The quantitative estimate of drug-likeness (QED) is 0.685. The van der Waals surface area contributed by atoms with E-state index in [9.17, 15) is 9.90 Å². The third-order valence-electron chi connectivity index (χ3n) is 5.55. The number of carbonyl (C=O) groups excluding carboxylic acids is 1. The van der Waals surface area contributed by atoms with Gasteiger partial charge in [-0.15, -0.1) is 0 Å². The van der Waals surface area contributed by atoms with Gasteiger partial charge in [0.2, 0.25) is 6.29 Å². The van der Waals surface area contributed by atoms with Crippen molar-refractivity contribution in [3.05, 3.63) is 0 Å². The molecular weight excluding hydrogens is 244 g/mol. The molecule has 3 rings (SSSR count). The molecule has 0 aromatic rings. The van der Waals surface area contributed by atoms with Crippen molar-refractivity contribution >= 4 is 5.97 Å². The van der Waals surface area contributed by atoms with E-state index in [4.69, 9.17) is 9.47 Å². The summed E-state index contributed by atoms with van der Waals surface area (Å²) in [6, 6.07) is 0. The van der Waals surface area contributed by atoms with Gasteiger partial charge in [0.15, 0.2) is 5.79 Å². The topological polar surface area (TPSA) is 55.8 Å². The van der Waals surface area contributed by atoms with E-state index in [2.05, 4.69) is 6.92 Å². The van der Waals surface area contributed by atoms with Gasteiger partial charge in [-0.3, -0.25) is 4.79 Å². The van der Waals surface area contributed by atoms with Crippen LogP contribution in [0.15, 0.2) is 0 Å². The van der Waals surface area contributed by atoms with Crippen LogP contribution in [0.2, 0.25) is 0 Å². The molecule has 0 aromatic heterocycles. The van der Waals surface area contributed by atoms with Crippen LogP contribution in [0.3, 0.4) is 0 Å². The standard InChI is InChI=1S/C15H24O4/c1-8-4-5-11-9(2)13(16)18-14-12(11)10(8)6-7-15(3,17)19-14/h8-12,14,17H,4-7H2,1-3H3/t8-,9-,10+,11+,12?,14-,15+/m1/s1. The Bertz CT molecular complexity index is 378. The summed E-state index contributed by atoms with van der Waals surface area (Å²) in [6.07, 6.45) is 3.25. The third-order valence-corrected chi connectivity index (χ3v) is 5.55. The average molecular weight is 268 g/mol. The van der Waals surface area contributed by atoms with E-state index in [1.54, 1.807) is 6.92 Å². The summed E-state index contributed by atoms with van der Waals surface area (Å²) in [5.41, 5.74) is 0. The lowest BCUT2D eigenvalue weighted by Gasteiger charge is -2.48. The van der Waals surface area contributed by atoms with E-state index in [0.717, 1.165) is 19.3 Å². The smallest absolute Gasteiger partial charge is 0.311 e. The fraction of sp³-hybridized carbons (Fsp3) is 0.933. The number of carbonyl (C=O) groups is 1. The highest BCUT2D eigenvalue weighted by molar-refractivity contribution is 5.73. The Labute approximate surface area is 114 Å². The molecule has 0 amide bonds. The third kappa shape index (κ3) is 2.19. The molecule has 2 aliphatic heterocycles. The van der Waals surface area contributed by atoms with Crippen molar-refractivity contribution in [2.75, 3.05) is 0 Å². The maximum absolute atomic E-state index is 12.0. The summed E-state index contributed by atoms with van der Waals surface area (Å²) in [5, 5.41) is 10.2. The van der Waals surface area contributed by atoms with Crippen LogP contribution < -0.4 is 0 Å². The predicted octanol–water partition coefficient (Wildman–Crippen LogP) is 2.30. The van der Waals surface area contributed by atoms with Crippen LogP contribution in [0.4, 0.5) is 0 Å². The predicted molar refractivity (Wildman–Crippen MR) is 68.9 cm³/mol. The molecule has 0 radical (unpaired) electrons. The molecule has 1 saturated carbocycles. The van der Waals surface area contributed by atoms with Crippen molar-refractivity contribution < 1.29 is 19.4 Å². The zero-order valence-corrected chi connectivity index (χ0v) is 12.0. The molecule has 0 spiro atoms. The largest absolute Gasteiger partial charge is 0.435 e. The van der Waals surface area contributed by atoms with Crippen molar-refractivity contribution in [3.63, 3.8) is 0 Å². The number of hydrogen-bond donors (Lipinski definition) is 1. The molecule has 0 aromatic carbocycles. The highest BCUT2D eigenvalue weighted by Crippen LogP contribution is 2.51. The molecule has 108 valence electrons. The molecule has 2 saturated heterocycles. The van der Waals surface area contributed by atoms with Crippen LogP contribution in [0.1, 0.15) is 46.5 Å². The van der Waals surface area contributed by atoms with Gasteiger partial charge in [0, 0.05) is 12.3 Å². The van der Waals surface area contributed by atoms with Crippen LogP contribution in [0.5, 0.6) is 0 Å². The Kier molecular flexibility index (Phi) is 3.13. The maximum atomic E-state index is 12.0. The molecule has 4 heteroatoms. The van der Waals surface area contributed by atoms with E-state index in [1.807, 2.05) is 6.92 Å². The SMILES string of the molecule is C[C@@H]1CC[C@@H]2C3[C@H](OC(=O)[C@@H]2C)O[C@](C)(O)CC[C@H]31. The zero-order valence-electron chi connectivity index (χ0n) is 12.0. The first-order chi connectivity index (χ1) is 8.89. The van der Waals surface area contributed by atoms with E-state index >= 15 is 0 Å². The molecule has 2 heterocycles. The lowest BCUT2D eigenvalue weighted by Crippen LogP contribution is -2.52. The Morgan fingerprint density at radius 2 is 1.95 bits per heavy atom. The van der Waals surface area contributed by atoms with Crippen molar-refractivity contribution in [1.29, 1.82) is 0 Å². The van der Waals surface area contributed by atoms with Crippen LogP contribution in [0.25, 0.3) is 0 Å². The highest BCUT2D eigenvalue weighted by Gasteiger charge is 2.54. The van der Waals surface area contributed by atoms with Gasteiger partial charge in [-0.25, -0.2) is 0 Å². The normalized spacial score (nSPS) is 54.0. The van der Waals surface area contributed by atoms with Gasteiger partial charge in [0.1, 0.15) is 0 Å². The van der Waals surface area contributed by atoms with E-state index < -0.39 is 12.1 Å². The maximum Gasteiger partial charge on any atom is 0.311 e. The minimum atomic E-state index is -1.17. The lowest BCUT2D eigenvalue weighted by molar-refractivity contribution is -0.304. The molecule has 0 bridgehead atoms. The van der Waals surface area contributed by atoms with Crippen molar-refractivity contribution in [3.8, 4) is 0 Å². The first-order valence-electron chi connectivity index (χ1n) is 7.50. The summed E-state index contributed by atoms with van der Waals surface area (Å²) in [5.74, 6) is 0.332. The van der Waals surface area contributed by atoms with E-state index in [-0.39, 0.29) is 17.8 Å². The van der Waals surface area contributed by atoms with Crippen LogP contribution in [-0.4, -0.2) is 23.2 Å². The molecule has 3 fully saturated rings. The minimum Gasteiger partial charge on any atom is -0.435 e. The fourth-order valence-corrected chi connectivity index (χ4v) is 4.34. The van der Waals surface area contributed by atoms with Crippen molar-refractivity contribution in [1.82, 2.24) is 0 Å². The Morgan fingerprint density at radius 1 is 1.21 bits per heavy atom. The average Bonchev–Trinajstić information content (AvgIpc) is 2.46. The lowest BCUT2D eigenvalue weighted by atomic mass is 9.61. The number of ether oxygens (including phenoxy) is 2.